The number of hydrogen-bond donors (Lipinski definition) is 1. The van der Waals surface area contributed by atoms with E-state index in [4.69, 9.17) is 4.18 Å². The van der Waals surface area contributed by atoms with Crippen LogP contribution in [0.2, 0.25) is 0 Å². The third kappa shape index (κ3) is 3.20. The maximum Gasteiger partial charge on any atom is 0.264 e. The van der Waals surface area contributed by atoms with Crippen molar-refractivity contribution in [1.82, 2.24) is 0 Å². The molecule has 0 bridgehead atoms. The highest BCUT2D eigenvalue weighted by Crippen LogP contribution is 2.44. The van der Waals surface area contributed by atoms with Crippen LogP contribution in [0, 0.1) is 5.92 Å². The zero-order chi connectivity index (χ0) is 12.5. The van der Waals surface area contributed by atoms with Gasteiger partial charge in [-0.1, -0.05) is 25.7 Å². The molecule has 0 aromatic heterocycles. The van der Waals surface area contributed by atoms with Crippen molar-refractivity contribution in [2.45, 2.75) is 63.1 Å². The van der Waals surface area contributed by atoms with Gasteiger partial charge in [0.05, 0.1) is 18.0 Å². The van der Waals surface area contributed by atoms with Gasteiger partial charge in [-0.05, 0) is 25.7 Å². The zero-order valence-corrected chi connectivity index (χ0v) is 11.2. The van der Waals surface area contributed by atoms with Crippen molar-refractivity contribution in [3.63, 3.8) is 0 Å². The number of rotatable bonds is 2. The molecule has 5 heteroatoms. The highest BCUT2D eigenvalue weighted by molar-refractivity contribution is 7.86. The third-order valence-corrected chi connectivity index (χ3v) is 4.76. The van der Waals surface area contributed by atoms with E-state index in [0.717, 1.165) is 57.6 Å². The van der Waals surface area contributed by atoms with Crippen molar-refractivity contribution in [3.8, 4) is 0 Å². The summed E-state index contributed by atoms with van der Waals surface area (Å²) >= 11 is 0. The second-order valence-corrected chi connectivity index (χ2v) is 7.14. The van der Waals surface area contributed by atoms with Crippen LogP contribution in [0.15, 0.2) is 0 Å². The second kappa shape index (κ2) is 4.86. The molecule has 0 saturated heterocycles. The van der Waals surface area contributed by atoms with Crippen LogP contribution in [-0.2, 0) is 14.3 Å². The van der Waals surface area contributed by atoms with Crippen LogP contribution >= 0.6 is 0 Å². The molecular formula is C12H22O4S. The van der Waals surface area contributed by atoms with Crippen molar-refractivity contribution in [1.29, 1.82) is 0 Å². The van der Waals surface area contributed by atoms with E-state index in [0.29, 0.717) is 0 Å². The Balaban J connectivity index is 2.18. The van der Waals surface area contributed by atoms with Gasteiger partial charge in [0.2, 0.25) is 0 Å². The third-order valence-electron chi connectivity index (χ3n) is 4.16. The van der Waals surface area contributed by atoms with Crippen molar-refractivity contribution >= 4 is 10.1 Å². The van der Waals surface area contributed by atoms with Gasteiger partial charge < -0.3 is 5.11 Å². The van der Waals surface area contributed by atoms with Gasteiger partial charge in [0, 0.05) is 5.92 Å². The lowest BCUT2D eigenvalue weighted by Crippen LogP contribution is -2.46. The summed E-state index contributed by atoms with van der Waals surface area (Å²) in [5.41, 5.74) is -0.690. The minimum absolute atomic E-state index is 0.00604. The topological polar surface area (TPSA) is 63.6 Å². The summed E-state index contributed by atoms with van der Waals surface area (Å²) in [7, 11) is -3.43. The molecule has 4 nitrogen and oxygen atoms in total. The summed E-state index contributed by atoms with van der Waals surface area (Å²) in [4.78, 5) is 0. The Morgan fingerprint density at radius 3 is 2.29 bits per heavy atom. The Hall–Kier alpha value is -0.130. The lowest BCUT2D eigenvalue weighted by Gasteiger charge is -2.41. The quantitative estimate of drug-likeness (QED) is 0.771. The molecule has 0 aromatic carbocycles. The molecule has 0 amide bonds. The van der Waals surface area contributed by atoms with Crippen molar-refractivity contribution in [2.24, 2.45) is 5.92 Å². The van der Waals surface area contributed by atoms with E-state index in [1.165, 1.54) is 0 Å². The molecule has 3 atom stereocenters. The minimum atomic E-state index is -3.43. The minimum Gasteiger partial charge on any atom is -0.390 e. The average molecular weight is 262 g/mol. The standard InChI is InChI=1S/C12H22O4S/c1-17(14,15)16-11-7-3-5-9-12(13)8-4-2-6-10(11)12/h10-11,13H,2-9H2,1H3/t10?,11?,12-/m0/s1. The fourth-order valence-corrected chi connectivity index (χ4v) is 4.09. The molecule has 2 fully saturated rings. The first kappa shape index (κ1) is 13.3. The summed E-state index contributed by atoms with van der Waals surface area (Å²) in [5, 5.41) is 10.7. The van der Waals surface area contributed by atoms with Gasteiger partial charge in [-0.3, -0.25) is 4.18 Å². The number of aliphatic hydroxyl groups is 1. The molecule has 17 heavy (non-hydrogen) atoms. The first-order valence-electron chi connectivity index (χ1n) is 6.51. The van der Waals surface area contributed by atoms with Crippen molar-refractivity contribution in [3.05, 3.63) is 0 Å². The molecule has 0 aliphatic heterocycles. The van der Waals surface area contributed by atoms with E-state index in [1.807, 2.05) is 0 Å². The summed E-state index contributed by atoms with van der Waals surface area (Å²) in [6.07, 6.45) is 8.02. The highest BCUT2D eigenvalue weighted by Gasteiger charge is 2.45. The molecule has 100 valence electrons. The molecule has 2 unspecified atom stereocenters. The van der Waals surface area contributed by atoms with Gasteiger partial charge >= 0.3 is 0 Å². The van der Waals surface area contributed by atoms with Crippen LogP contribution in [0.1, 0.15) is 51.4 Å². The van der Waals surface area contributed by atoms with E-state index in [9.17, 15) is 13.5 Å². The summed E-state index contributed by atoms with van der Waals surface area (Å²) in [6, 6.07) is 0. The number of hydrogen-bond acceptors (Lipinski definition) is 4. The summed E-state index contributed by atoms with van der Waals surface area (Å²) in [5.74, 6) is -0.00604. The van der Waals surface area contributed by atoms with Crippen LogP contribution in [-0.4, -0.2) is 31.5 Å². The normalized spacial score (nSPS) is 39.4. The van der Waals surface area contributed by atoms with Crippen LogP contribution in [0.4, 0.5) is 0 Å². The molecular weight excluding hydrogens is 240 g/mol. The largest absolute Gasteiger partial charge is 0.390 e. The van der Waals surface area contributed by atoms with Gasteiger partial charge in [-0.2, -0.15) is 8.42 Å². The maximum absolute atomic E-state index is 11.3. The van der Waals surface area contributed by atoms with Crippen LogP contribution in [0.3, 0.4) is 0 Å². The Morgan fingerprint density at radius 1 is 1.12 bits per heavy atom. The molecule has 2 saturated carbocycles. The molecule has 2 aliphatic rings. The van der Waals surface area contributed by atoms with E-state index < -0.39 is 15.7 Å². The number of fused-ring (bicyclic) bond motifs is 1. The Labute approximate surface area is 103 Å². The van der Waals surface area contributed by atoms with E-state index in [2.05, 4.69) is 0 Å². The smallest absolute Gasteiger partial charge is 0.264 e. The molecule has 0 radical (unpaired) electrons. The van der Waals surface area contributed by atoms with Crippen molar-refractivity contribution < 1.29 is 17.7 Å². The lowest BCUT2D eigenvalue weighted by atomic mass is 9.71. The van der Waals surface area contributed by atoms with Gasteiger partial charge in [0.15, 0.2) is 0 Å². The Morgan fingerprint density at radius 2 is 1.71 bits per heavy atom. The van der Waals surface area contributed by atoms with Gasteiger partial charge in [-0.25, -0.2) is 0 Å². The fourth-order valence-electron chi connectivity index (χ4n) is 3.41. The SMILES string of the molecule is CS(=O)(=O)OC1CCCC[C@@]2(O)CCCCC12. The molecule has 0 aromatic rings. The fraction of sp³-hybridized carbons (Fsp3) is 1.00. The predicted molar refractivity (Wildman–Crippen MR) is 65.1 cm³/mol. The van der Waals surface area contributed by atoms with Crippen molar-refractivity contribution in [2.75, 3.05) is 6.26 Å². The summed E-state index contributed by atoms with van der Waals surface area (Å²) in [6.45, 7) is 0. The summed E-state index contributed by atoms with van der Waals surface area (Å²) < 4.78 is 27.8. The van der Waals surface area contributed by atoms with E-state index in [-0.39, 0.29) is 12.0 Å². The van der Waals surface area contributed by atoms with E-state index >= 15 is 0 Å². The molecule has 0 heterocycles. The zero-order valence-electron chi connectivity index (χ0n) is 10.4. The van der Waals surface area contributed by atoms with Gasteiger partial charge in [0.25, 0.3) is 10.1 Å². The van der Waals surface area contributed by atoms with Gasteiger partial charge in [0.1, 0.15) is 0 Å². The lowest BCUT2D eigenvalue weighted by molar-refractivity contribution is -0.0862. The van der Waals surface area contributed by atoms with Crippen LogP contribution < -0.4 is 0 Å². The van der Waals surface area contributed by atoms with Crippen LogP contribution in [0.5, 0.6) is 0 Å². The molecule has 1 N–H and O–H groups in total. The highest BCUT2D eigenvalue weighted by atomic mass is 32.2. The Kier molecular flexibility index (Phi) is 3.80. The predicted octanol–water partition coefficient (Wildman–Crippen LogP) is 1.83. The first-order chi connectivity index (χ1) is 7.91. The maximum atomic E-state index is 11.3. The second-order valence-electron chi connectivity index (χ2n) is 5.54. The molecule has 2 aliphatic carbocycles. The molecule has 0 spiro atoms. The van der Waals surface area contributed by atoms with E-state index in [1.54, 1.807) is 0 Å². The average Bonchev–Trinajstić information content (AvgIpc) is 2.36. The van der Waals surface area contributed by atoms with Crippen LogP contribution in [0.25, 0.3) is 0 Å². The monoisotopic (exact) mass is 262 g/mol. The Bertz CT molecular complexity index is 365. The molecule has 2 rings (SSSR count). The first-order valence-corrected chi connectivity index (χ1v) is 8.33. The van der Waals surface area contributed by atoms with Gasteiger partial charge in [-0.15, -0.1) is 0 Å².